The van der Waals surface area contributed by atoms with Crippen molar-refractivity contribution in [2.24, 2.45) is 0 Å². The van der Waals surface area contributed by atoms with E-state index in [9.17, 15) is 9.59 Å². The minimum absolute atomic E-state index is 0.0181. The minimum Gasteiger partial charge on any atom is -0.496 e. The summed E-state index contributed by atoms with van der Waals surface area (Å²) in [6.07, 6.45) is 5.57. The number of nitrogens with zero attached hydrogens (tertiary/aromatic N) is 3. The predicted octanol–water partition coefficient (Wildman–Crippen LogP) is 5.14. The first-order valence-corrected chi connectivity index (χ1v) is 16.4. The van der Waals surface area contributed by atoms with Crippen molar-refractivity contribution in [1.29, 1.82) is 0 Å². The summed E-state index contributed by atoms with van der Waals surface area (Å²) in [5, 5.41) is 16.1. The molecule has 14 heteroatoms. The molecule has 6 rings (SSSR count). The van der Waals surface area contributed by atoms with Crippen molar-refractivity contribution in [2.75, 3.05) is 25.5 Å². The molecule has 0 radical (unpaired) electrons. The van der Waals surface area contributed by atoms with Crippen LogP contribution in [0, 0.1) is 5.82 Å². The van der Waals surface area contributed by atoms with E-state index < -0.39 is 5.82 Å². The van der Waals surface area contributed by atoms with Crippen LogP contribution in [0.4, 0.5) is 15.9 Å². The van der Waals surface area contributed by atoms with Crippen LogP contribution < -0.4 is 31.3 Å². The van der Waals surface area contributed by atoms with Gasteiger partial charge in [-0.1, -0.05) is 47.5 Å². The number of methoxy groups -OCH3 is 1. The van der Waals surface area contributed by atoms with E-state index in [0.717, 1.165) is 24.0 Å². The summed E-state index contributed by atoms with van der Waals surface area (Å²) in [6.45, 7) is 1.92. The Morgan fingerprint density at radius 1 is 0.896 bits per heavy atom. The number of aromatic nitrogens is 3. The van der Waals surface area contributed by atoms with E-state index in [4.69, 9.17) is 27.9 Å². The molecule has 2 fully saturated rings. The zero-order valence-corrected chi connectivity index (χ0v) is 27.7. The zero-order chi connectivity index (χ0) is 33.6. The summed E-state index contributed by atoms with van der Waals surface area (Å²) < 4.78 is 21.1. The Morgan fingerprint density at radius 3 is 2.29 bits per heavy atom. The smallest absolute Gasteiger partial charge is 0.220 e. The molecule has 2 saturated heterocycles. The normalized spacial score (nSPS) is 17.3. The van der Waals surface area contributed by atoms with E-state index in [1.807, 2.05) is 24.3 Å². The van der Waals surface area contributed by atoms with E-state index in [-0.39, 0.29) is 42.0 Å². The Balaban J connectivity index is 1.17. The van der Waals surface area contributed by atoms with Crippen LogP contribution in [0.3, 0.4) is 0 Å². The Kier molecular flexibility index (Phi) is 10.7. The quantitative estimate of drug-likeness (QED) is 0.129. The van der Waals surface area contributed by atoms with Crippen LogP contribution in [-0.4, -0.2) is 59.0 Å². The number of carbonyl (C=O) groups is 2. The van der Waals surface area contributed by atoms with Crippen molar-refractivity contribution in [3.63, 3.8) is 0 Å². The second-order valence-electron chi connectivity index (χ2n) is 11.7. The molecule has 2 aliphatic heterocycles. The third-order valence-electron chi connectivity index (χ3n) is 8.41. The van der Waals surface area contributed by atoms with Gasteiger partial charge in [-0.25, -0.2) is 14.4 Å². The van der Waals surface area contributed by atoms with Gasteiger partial charge in [-0.15, -0.1) is 0 Å². The second kappa shape index (κ2) is 15.2. The first kappa shape index (κ1) is 33.5. The molecule has 11 nitrogen and oxygen atoms in total. The molecule has 2 aromatic heterocycles. The van der Waals surface area contributed by atoms with E-state index in [1.54, 1.807) is 31.5 Å². The topological polar surface area (TPSA) is 142 Å². The van der Waals surface area contributed by atoms with Crippen molar-refractivity contribution in [3.8, 4) is 28.1 Å². The standard InChI is InChI=1S/C34H35Cl2FN8O3/c1-48-27-13-19(5-6-20(27)14-38-15-21-7-9-28(46)43-21)33-31(36)24(11-12-40-33)23-3-2-4-25(30(23)35)45-34-32(37)26(41-18-42-34)17-39-16-22-8-10-29(47)44-22/h2-6,11-13,18,21-22,38-39H,7-10,14-17H2,1H3,(H,43,46)(H,44,47)(H,41,42,45)/t21-,22+/m1/s1. The third-order valence-corrected chi connectivity index (χ3v) is 9.20. The predicted molar refractivity (Wildman–Crippen MR) is 183 cm³/mol. The minimum atomic E-state index is -0.607. The van der Waals surface area contributed by atoms with Gasteiger partial charge < -0.3 is 31.3 Å². The molecule has 2 aromatic carbocycles. The highest BCUT2D eigenvalue weighted by molar-refractivity contribution is 6.39. The van der Waals surface area contributed by atoms with Gasteiger partial charge in [0.05, 0.1) is 34.2 Å². The molecule has 4 aromatic rings. The SMILES string of the molecule is COc1cc(-c2nccc(-c3cccc(Nc4ncnc(CNC[C@@H]5CCC(=O)N5)c4F)c3Cl)c2Cl)ccc1CNC[C@H]1CCC(=O)N1. The van der Waals surface area contributed by atoms with Crippen molar-refractivity contribution in [1.82, 2.24) is 36.2 Å². The molecule has 4 heterocycles. The summed E-state index contributed by atoms with van der Waals surface area (Å²) in [5.41, 5.74) is 4.15. The Morgan fingerprint density at radius 2 is 1.60 bits per heavy atom. The molecule has 0 spiro atoms. The molecular weight excluding hydrogens is 658 g/mol. The van der Waals surface area contributed by atoms with Crippen LogP contribution in [0.1, 0.15) is 36.9 Å². The van der Waals surface area contributed by atoms with Gasteiger partial charge in [0.15, 0.2) is 11.6 Å². The summed E-state index contributed by atoms with van der Waals surface area (Å²) in [6, 6.07) is 13.1. The number of hydrogen-bond acceptors (Lipinski definition) is 9. The summed E-state index contributed by atoms with van der Waals surface area (Å²) in [5.74, 6) is 0.160. The number of amides is 2. The van der Waals surface area contributed by atoms with E-state index in [0.29, 0.717) is 70.8 Å². The average molecular weight is 694 g/mol. The number of ether oxygens (including phenoxy) is 1. The van der Waals surface area contributed by atoms with Crippen molar-refractivity contribution < 1.29 is 18.7 Å². The fourth-order valence-corrected chi connectivity index (χ4v) is 6.48. The van der Waals surface area contributed by atoms with Crippen LogP contribution in [0.2, 0.25) is 10.0 Å². The van der Waals surface area contributed by atoms with Crippen molar-refractivity contribution in [2.45, 2.75) is 50.9 Å². The maximum Gasteiger partial charge on any atom is 0.220 e. The largest absolute Gasteiger partial charge is 0.496 e. The first-order valence-electron chi connectivity index (χ1n) is 15.7. The monoisotopic (exact) mass is 692 g/mol. The van der Waals surface area contributed by atoms with Gasteiger partial charge in [0.1, 0.15) is 12.1 Å². The van der Waals surface area contributed by atoms with Crippen molar-refractivity contribution in [3.05, 3.63) is 82.1 Å². The number of pyridine rings is 1. The maximum atomic E-state index is 15.4. The molecule has 0 aliphatic carbocycles. The van der Waals surface area contributed by atoms with Crippen LogP contribution in [-0.2, 0) is 22.7 Å². The summed E-state index contributed by atoms with van der Waals surface area (Å²) in [4.78, 5) is 35.7. The Bertz CT molecular complexity index is 1830. The zero-order valence-electron chi connectivity index (χ0n) is 26.2. The average Bonchev–Trinajstić information content (AvgIpc) is 3.70. The molecule has 48 heavy (non-hydrogen) atoms. The van der Waals surface area contributed by atoms with Gasteiger partial charge in [0, 0.05) is 79.6 Å². The Hall–Kier alpha value is -4.36. The van der Waals surface area contributed by atoms with Gasteiger partial charge in [-0.3, -0.25) is 14.6 Å². The number of benzene rings is 2. The lowest BCUT2D eigenvalue weighted by atomic mass is 10.0. The molecule has 250 valence electrons. The lowest BCUT2D eigenvalue weighted by molar-refractivity contribution is -0.120. The van der Waals surface area contributed by atoms with E-state index >= 15 is 4.39 Å². The molecule has 2 atom stereocenters. The second-order valence-corrected chi connectivity index (χ2v) is 12.4. The molecule has 0 bridgehead atoms. The third kappa shape index (κ3) is 7.68. The van der Waals surface area contributed by atoms with Gasteiger partial charge in [-0.05, 0) is 31.0 Å². The Labute approximate surface area is 287 Å². The molecular formula is C34H35Cl2FN8O3. The van der Waals surface area contributed by atoms with Crippen LogP contribution in [0.25, 0.3) is 22.4 Å². The fraction of sp³-hybridized carbons (Fsp3) is 0.324. The molecule has 2 aliphatic rings. The number of anilines is 2. The highest BCUT2D eigenvalue weighted by atomic mass is 35.5. The number of carbonyl (C=O) groups excluding carboxylic acids is 2. The molecule has 2 amide bonds. The van der Waals surface area contributed by atoms with Gasteiger partial charge in [0.2, 0.25) is 11.8 Å². The number of halogens is 3. The summed E-state index contributed by atoms with van der Waals surface area (Å²) >= 11 is 13.9. The maximum absolute atomic E-state index is 15.4. The first-order chi connectivity index (χ1) is 23.3. The number of hydrogen-bond donors (Lipinski definition) is 5. The van der Waals surface area contributed by atoms with Crippen LogP contribution in [0.15, 0.2) is 55.0 Å². The highest BCUT2D eigenvalue weighted by Gasteiger charge is 2.22. The number of nitrogens with one attached hydrogen (secondary N) is 5. The molecule has 5 N–H and O–H groups in total. The summed E-state index contributed by atoms with van der Waals surface area (Å²) in [7, 11) is 1.61. The fourth-order valence-electron chi connectivity index (χ4n) is 5.88. The van der Waals surface area contributed by atoms with Crippen molar-refractivity contribution >= 4 is 46.5 Å². The van der Waals surface area contributed by atoms with Gasteiger partial charge in [0.25, 0.3) is 0 Å². The van der Waals surface area contributed by atoms with E-state index in [1.165, 1.54) is 6.33 Å². The number of rotatable bonds is 13. The van der Waals surface area contributed by atoms with Gasteiger partial charge in [-0.2, -0.15) is 0 Å². The molecule has 0 unspecified atom stereocenters. The van der Waals surface area contributed by atoms with Crippen LogP contribution in [0.5, 0.6) is 5.75 Å². The lowest BCUT2D eigenvalue weighted by Crippen LogP contribution is -2.35. The molecule has 0 saturated carbocycles. The van der Waals surface area contributed by atoms with Gasteiger partial charge >= 0.3 is 0 Å². The van der Waals surface area contributed by atoms with Crippen LogP contribution >= 0.6 is 23.2 Å². The lowest BCUT2D eigenvalue weighted by Gasteiger charge is -2.16. The highest BCUT2D eigenvalue weighted by Crippen LogP contribution is 2.41. The van der Waals surface area contributed by atoms with E-state index in [2.05, 4.69) is 41.5 Å².